The highest BCUT2D eigenvalue weighted by molar-refractivity contribution is 8.23. The van der Waals surface area contributed by atoms with Gasteiger partial charge in [0.15, 0.2) is 9.49 Å². The molecule has 1 aromatic carbocycles. The molecule has 0 fully saturated rings. The zero-order chi connectivity index (χ0) is 13.2. The van der Waals surface area contributed by atoms with Crippen LogP contribution in [0.15, 0.2) is 40.4 Å². The van der Waals surface area contributed by atoms with Crippen molar-refractivity contribution in [1.29, 1.82) is 0 Å². The molecule has 0 unspecified atom stereocenters. The molecule has 0 radical (unpaired) electrons. The van der Waals surface area contributed by atoms with Crippen LogP contribution in [0.4, 0.5) is 0 Å². The van der Waals surface area contributed by atoms with Gasteiger partial charge in [-0.3, -0.25) is 4.90 Å². The molecular weight excluding hydrogens is 296 g/mol. The number of guanidine groups is 1. The number of hydrogen-bond acceptors (Lipinski definition) is 6. The third-order valence-electron chi connectivity index (χ3n) is 2.78. The number of thioether (sulfide) groups is 2. The normalized spacial score (nSPS) is 18.3. The molecule has 0 N–H and O–H groups in total. The van der Waals surface area contributed by atoms with Crippen LogP contribution in [0.3, 0.4) is 0 Å². The Kier molecular flexibility index (Phi) is 3.76. The van der Waals surface area contributed by atoms with Crippen molar-refractivity contribution in [3.05, 3.63) is 35.9 Å². The minimum Gasteiger partial charge on any atom is -0.284 e. The summed E-state index contributed by atoms with van der Waals surface area (Å²) in [7, 11) is 0. The Morgan fingerprint density at radius 2 is 2.16 bits per heavy atom. The van der Waals surface area contributed by atoms with Crippen LogP contribution in [0.2, 0.25) is 0 Å². The van der Waals surface area contributed by atoms with Crippen LogP contribution in [0.1, 0.15) is 5.56 Å². The van der Waals surface area contributed by atoms with E-state index in [1.807, 2.05) is 24.5 Å². The van der Waals surface area contributed by atoms with E-state index < -0.39 is 0 Å². The summed E-state index contributed by atoms with van der Waals surface area (Å²) >= 11 is 8.48. The topological polar surface area (TPSA) is 31.2 Å². The lowest BCUT2D eigenvalue weighted by atomic mass is 10.2. The molecule has 19 heavy (non-hydrogen) atoms. The third-order valence-corrected chi connectivity index (χ3v) is 4.65. The van der Waals surface area contributed by atoms with Gasteiger partial charge in [-0.2, -0.15) is 5.01 Å². The third kappa shape index (κ3) is 2.50. The molecule has 0 saturated heterocycles. The second kappa shape index (κ2) is 5.52. The van der Waals surface area contributed by atoms with Crippen molar-refractivity contribution in [1.82, 2.24) is 9.91 Å². The summed E-state index contributed by atoms with van der Waals surface area (Å²) < 4.78 is 0.770. The molecular formula is C12H12N4S3. The van der Waals surface area contributed by atoms with E-state index in [2.05, 4.69) is 27.1 Å². The number of hydrazone groups is 1. The molecule has 2 heterocycles. The number of thiocarbonyl (C=S) groups is 1. The van der Waals surface area contributed by atoms with Gasteiger partial charge in [-0.05, 0) is 11.8 Å². The Morgan fingerprint density at radius 1 is 1.37 bits per heavy atom. The lowest BCUT2D eigenvalue weighted by Crippen LogP contribution is -2.39. The number of fused-ring (bicyclic) bond motifs is 1. The fourth-order valence-electron chi connectivity index (χ4n) is 1.92. The average Bonchev–Trinajstić information content (AvgIpc) is 2.80. The number of hydrogen-bond donors (Lipinski definition) is 0. The molecule has 0 bridgehead atoms. The largest absolute Gasteiger partial charge is 0.284 e. The fraction of sp³-hybridized carbons (Fsp3) is 0.250. The smallest absolute Gasteiger partial charge is 0.231 e. The van der Waals surface area contributed by atoms with Crippen molar-refractivity contribution < 1.29 is 0 Å². The van der Waals surface area contributed by atoms with Gasteiger partial charge in [0.1, 0.15) is 0 Å². The molecule has 7 heteroatoms. The molecule has 0 saturated carbocycles. The van der Waals surface area contributed by atoms with Gasteiger partial charge in [-0.25, -0.2) is 4.99 Å². The van der Waals surface area contributed by atoms with E-state index in [1.54, 1.807) is 28.5 Å². The molecule has 0 atom stereocenters. The first-order chi connectivity index (χ1) is 9.29. The number of nitrogens with zero attached hydrogens (tertiary/aromatic N) is 4. The molecule has 2 aliphatic rings. The summed E-state index contributed by atoms with van der Waals surface area (Å²) in [6.45, 7) is 0.767. The Hall–Kier alpha value is -1.05. The minimum atomic E-state index is 0.674. The maximum absolute atomic E-state index is 5.33. The van der Waals surface area contributed by atoms with Crippen molar-refractivity contribution in [3.63, 3.8) is 0 Å². The molecule has 0 aromatic heterocycles. The van der Waals surface area contributed by atoms with Gasteiger partial charge >= 0.3 is 0 Å². The highest BCUT2D eigenvalue weighted by Gasteiger charge is 2.34. The van der Waals surface area contributed by atoms with Crippen LogP contribution >= 0.6 is 35.7 Å². The molecule has 98 valence electrons. The van der Waals surface area contributed by atoms with Gasteiger partial charge < -0.3 is 0 Å². The van der Waals surface area contributed by atoms with Gasteiger partial charge in [0.05, 0.1) is 12.4 Å². The lowest BCUT2D eigenvalue weighted by molar-refractivity contribution is 0.569. The van der Waals surface area contributed by atoms with E-state index in [0.29, 0.717) is 5.88 Å². The maximum atomic E-state index is 5.33. The zero-order valence-electron chi connectivity index (χ0n) is 10.3. The number of amidine groups is 1. The van der Waals surface area contributed by atoms with Crippen molar-refractivity contribution in [2.75, 3.05) is 12.1 Å². The van der Waals surface area contributed by atoms with E-state index >= 15 is 0 Å². The van der Waals surface area contributed by atoms with Crippen molar-refractivity contribution >= 4 is 51.2 Å². The fourth-order valence-corrected chi connectivity index (χ4v) is 3.27. The molecule has 0 amide bonds. The summed E-state index contributed by atoms with van der Waals surface area (Å²) in [6, 6.07) is 10.3. The summed E-state index contributed by atoms with van der Waals surface area (Å²) in [5.74, 6) is 1.52. The molecule has 0 spiro atoms. The summed E-state index contributed by atoms with van der Waals surface area (Å²) in [5.41, 5.74) is 1.23. The van der Waals surface area contributed by atoms with E-state index in [4.69, 9.17) is 12.2 Å². The Bertz CT molecular complexity index is 555. The average molecular weight is 308 g/mol. The first kappa shape index (κ1) is 13.0. The van der Waals surface area contributed by atoms with Crippen molar-refractivity contribution in [2.45, 2.75) is 6.54 Å². The summed E-state index contributed by atoms with van der Waals surface area (Å²) in [4.78, 5) is 6.65. The number of benzene rings is 1. The van der Waals surface area contributed by atoms with Gasteiger partial charge in [-0.15, -0.1) is 5.10 Å². The van der Waals surface area contributed by atoms with Gasteiger partial charge in [-0.1, -0.05) is 66.1 Å². The summed E-state index contributed by atoms with van der Waals surface area (Å²) in [6.07, 6.45) is 2.02. The van der Waals surface area contributed by atoms with E-state index in [1.165, 1.54) is 5.56 Å². The van der Waals surface area contributed by atoms with Gasteiger partial charge in [0, 0.05) is 0 Å². The van der Waals surface area contributed by atoms with Crippen molar-refractivity contribution in [2.24, 2.45) is 10.1 Å². The molecule has 4 nitrogen and oxygen atoms in total. The van der Waals surface area contributed by atoms with Crippen LogP contribution in [0, 0.1) is 0 Å². The number of rotatable bonds is 2. The molecule has 2 aliphatic heterocycles. The van der Waals surface area contributed by atoms with Crippen LogP contribution in [0.5, 0.6) is 0 Å². The van der Waals surface area contributed by atoms with Crippen LogP contribution < -0.4 is 0 Å². The zero-order valence-corrected chi connectivity index (χ0v) is 12.8. The van der Waals surface area contributed by atoms with Gasteiger partial charge in [0.25, 0.3) is 0 Å². The highest BCUT2D eigenvalue weighted by atomic mass is 32.2. The molecule has 3 rings (SSSR count). The monoisotopic (exact) mass is 308 g/mol. The SMILES string of the molecule is CSC1=NN2C(=S)SCN=C2N1Cc1ccccc1. The molecule has 0 aliphatic carbocycles. The van der Waals surface area contributed by atoms with E-state index in [-0.39, 0.29) is 0 Å². The van der Waals surface area contributed by atoms with Crippen LogP contribution in [-0.2, 0) is 6.54 Å². The van der Waals surface area contributed by atoms with Crippen LogP contribution in [-0.4, -0.2) is 37.5 Å². The predicted molar refractivity (Wildman–Crippen MR) is 87.3 cm³/mol. The van der Waals surface area contributed by atoms with E-state index in [9.17, 15) is 0 Å². The Labute approximate surface area is 125 Å². The summed E-state index contributed by atoms with van der Waals surface area (Å²) in [5, 5.41) is 7.23. The molecule has 1 aromatic rings. The van der Waals surface area contributed by atoms with Crippen LogP contribution in [0.25, 0.3) is 0 Å². The second-order valence-electron chi connectivity index (χ2n) is 3.97. The lowest BCUT2D eigenvalue weighted by Gasteiger charge is -2.25. The second-order valence-corrected chi connectivity index (χ2v) is 6.32. The predicted octanol–water partition coefficient (Wildman–Crippen LogP) is 2.78. The van der Waals surface area contributed by atoms with Gasteiger partial charge in [0.2, 0.25) is 5.96 Å². The highest BCUT2D eigenvalue weighted by Crippen LogP contribution is 2.27. The Balaban J connectivity index is 1.89. The first-order valence-electron chi connectivity index (χ1n) is 5.75. The standard InChI is InChI=1S/C12H12N4S3/c1-18-11-14-16-10(13-8-19-12(16)17)15(11)7-9-5-3-2-4-6-9/h2-6H,7-8H2,1H3. The maximum Gasteiger partial charge on any atom is 0.231 e. The Morgan fingerprint density at radius 3 is 2.89 bits per heavy atom. The first-order valence-corrected chi connectivity index (χ1v) is 8.37. The number of aliphatic imine (C=N–C) groups is 1. The van der Waals surface area contributed by atoms with E-state index in [0.717, 1.165) is 22.0 Å². The minimum absolute atomic E-state index is 0.674. The van der Waals surface area contributed by atoms with Crippen molar-refractivity contribution in [3.8, 4) is 0 Å². The quantitative estimate of drug-likeness (QED) is 0.784.